The predicted octanol–water partition coefficient (Wildman–Crippen LogP) is 5.01. The highest BCUT2D eigenvalue weighted by atomic mass is 31.2. The fraction of sp³-hybridized carbons (Fsp3) is 1.00. The summed E-state index contributed by atoms with van der Waals surface area (Å²) in [7, 11) is 1.69. The molecule has 0 aromatic carbocycles. The third-order valence-electron chi connectivity index (χ3n) is 4.79. The van der Waals surface area contributed by atoms with E-state index < -0.39 is 13.9 Å². The molecule has 0 aromatic rings. The Bertz CT molecular complexity index is 432. The average Bonchev–Trinajstić information content (AvgIpc) is 2.66. The van der Waals surface area contributed by atoms with Gasteiger partial charge in [0.1, 0.15) is 19.3 Å². The number of phosphoric acid groups is 1. The molecule has 2 atom stereocenters. The van der Waals surface area contributed by atoms with Crippen molar-refractivity contribution in [1.29, 1.82) is 0 Å². The van der Waals surface area contributed by atoms with Gasteiger partial charge in [0.05, 0.1) is 34.4 Å². The van der Waals surface area contributed by atoms with Crippen LogP contribution in [0.1, 0.15) is 77.6 Å². The van der Waals surface area contributed by atoms with Crippen molar-refractivity contribution in [1.82, 2.24) is 0 Å². The first-order valence-corrected chi connectivity index (χ1v) is 13.0. The molecule has 8 nitrogen and oxygen atoms in total. The van der Waals surface area contributed by atoms with Gasteiger partial charge in [0, 0.05) is 6.61 Å². The van der Waals surface area contributed by atoms with E-state index in [0.29, 0.717) is 17.6 Å². The zero-order valence-electron chi connectivity index (χ0n) is 19.7. The minimum Gasteiger partial charge on any atom is -0.379 e. The SMILES string of the molecule is CCCCCCCCCCCCCOC[C@H](COP(=O)(O)OCC[N+](C)(C)C)OO. The summed E-state index contributed by atoms with van der Waals surface area (Å²) in [6.07, 6.45) is 13.1. The smallest absolute Gasteiger partial charge is 0.379 e. The number of likely N-dealkylation sites (N-methyl/N-ethyl adjacent to an activating group) is 1. The lowest BCUT2D eigenvalue weighted by atomic mass is 10.1. The number of unbranched alkanes of at least 4 members (excludes halogenated alkanes) is 10. The van der Waals surface area contributed by atoms with E-state index in [1.807, 2.05) is 21.1 Å². The summed E-state index contributed by atoms with van der Waals surface area (Å²) >= 11 is 0. The molecule has 0 aliphatic rings. The van der Waals surface area contributed by atoms with Crippen LogP contribution in [-0.2, 0) is 23.2 Å². The van der Waals surface area contributed by atoms with Gasteiger partial charge in [-0.25, -0.2) is 9.45 Å². The lowest BCUT2D eigenvalue weighted by Gasteiger charge is -2.24. The first kappa shape index (κ1) is 29.9. The van der Waals surface area contributed by atoms with Crippen molar-refractivity contribution in [3.05, 3.63) is 0 Å². The fourth-order valence-corrected chi connectivity index (χ4v) is 3.58. The normalized spacial score (nSPS) is 15.3. The Hall–Kier alpha value is -0.0500. The number of nitrogens with zero attached hydrogens (tertiary/aromatic N) is 1. The van der Waals surface area contributed by atoms with Crippen molar-refractivity contribution in [3.8, 4) is 0 Å². The Balaban J connectivity index is 3.62. The molecule has 0 saturated carbocycles. The Morgan fingerprint density at radius 2 is 1.33 bits per heavy atom. The summed E-state index contributed by atoms with van der Waals surface area (Å²) < 4.78 is 27.7. The van der Waals surface area contributed by atoms with Gasteiger partial charge in [-0.1, -0.05) is 71.1 Å². The van der Waals surface area contributed by atoms with Crippen LogP contribution < -0.4 is 0 Å². The second-order valence-electron chi connectivity index (χ2n) is 8.95. The molecule has 0 aromatic heterocycles. The van der Waals surface area contributed by atoms with Gasteiger partial charge < -0.3 is 14.1 Å². The number of hydrogen-bond donors (Lipinski definition) is 2. The summed E-state index contributed by atoms with van der Waals surface area (Å²) in [5.74, 6) is 0. The maximum atomic E-state index is 11.8. The summed E-state index contributed by atoms with van der Waals surface area (Å²) in [6, 6.07) is 0. The Morgan fingerprint density at radius 1 is 0.800 bits per heavy atom. The van der Waals surface area contributed by atoms with Gasteiger partial charge in [0.15, 0.2) is 0 Å². The maximum Gasteiger partial charge on any atom is 0.472 e. The Morgan fingerprint density at radius 3 is 1.83 bits per heavy atom. The van der Waals surface area contributed by atoms with Gasteiger partial charge in [-0.3, -0.25) is 14.3 Å². The number of phosphoric ester groups is 1. The summed E-state index contributed by atoms with van der Waals surface area (Å²) in [5, 5.41) is 8.92. The molecular formula is C21H47NO7P+. The molecule has 0 saturated heterocycles. The van der Waals surface area contributed by atoms with Gasteiger partial charge in [0.2, 0.25) is 0 Å². The first-order valence-electron chi connectivity index (χ1n) is 11.5. The molecule has 9 heteroatoms. The Kier molecular flexibility index (Phi) is 18.5. The van der Waals surface area contributed by atoms with Crippen molar-refractivity contribution >= 4 is 7.82 Å². The molecule has 0 aliphatic heterocycles. The van der Waals surface area contributed by atoms with Gasteiger partial charge in [-0.2, -0.15) is 0 Å². The van der Waals surface area contributed by atoms with Crippen LogP contribution in [0.3, 0.4) is 0 Å². The molecule has 0 rings (SSSR count). The molecule has 0 heterocycles. The van der Waals surface area contributed by atoms with Gasteiger partial charge in [-0.05, 0) is 6.42 Å². The molecule has 0 radical (unpaired) electrons. The van der Waals surface area contributed by atoms with Crippen molar-refractivity contribution in [3.63, 3.8) is 0 Å². The third kappa shape index (κ3) is 21.2. The van der Waals surface area contributed by atoms with E-state index in [-0.39, 0.29) is 19.8 Å². The highest BCUT2D eigenvalue weighted by Crippen LogP contribution is 2.43. The minimum atomic E-state index is -4.17. The molecule has 2 N–H and O–H groups in total. The Labute approximate surface area is 184 Å². The number of hydrogen-bond acceptors (Lipinski definition) is 6. The second kappa shape index (κ2) is 18.5. The zero-order chi connectivity index (χ0) is 22.7. The largest absolute Gasteiger partial charge is 0.472 e. The van der Waals surface area contributed by atoms with Crippen LogP contribution in [0.25, 0.3) is 0 Å². The van der Waals surface area contributed by atoms with E-state index in [1.54, 1.807) is 0 Å². The van der Waals surface area contributed by atoms with Crippen LogP contribution in [0, 0.1) is 0 Å². The van der Waals surface area contributed by atoms with Crippen molar-refractivity contribution < 1.29 is 37.9 Å². The quantitative estimate of drug-likeness (QED) is 0.0777. The highest BCUT2D eigenvalue weighted by molar-refractivity contribution is 7.47. The molecular weight excluding hydrogens is 409 g/mol. The second-order valence-corrected chi connectivity index (χ2v) is 10.4. The van der Waals surface area contributed by atoms with Gasteiger partial charge >= 0.3 is 7.82 Å². The van der Waals surface area contributed by atoms with Gasteiger partial charge in [-0.15, -0.1) is 0 Å². The molecule has 0 spiro atoms. The van der Waals surface area contributed by atoms with Gasteiger partial charge in [0.25, 0.3) is 0 Å². The number of ether oxygens (including phenoxy) is 1. The molecule has 0 bridgehead atoms. The van der Waals surface area contributed by atoms with E-state index in [2.05, 4.69) is 11.8 Å². The van der Waals surface area contributed by atoms with Crippen LogP contribution in [0.4, 0.5) is 0 Å². The summed E-state index contributed by atoms with van der Waals surface area (Å²) in [4.78, 5) is 13.9. The van der Waals surface area contributed by atoms with E-state index in [9.17, 15) is 9.46 Å². The van der Waals surface area contributed by atoms with Crippen molar-refractivity contribution in [2.75, 3.05) is 54.1 Å². The van der Waals surface area contributed by atoms with Crippen molar-refractivity contribution in [2.45, 2.75) is 83.7 Å². The zero-order valence-corrected chi connectivity index (χ0v) is 20.6. The minimum absolute atomic E-state index is 0.0904. The van der Waals surface area contributed by atoms with Crippen molar-refractivity contribution in [2.24, 2.45) is 0 Å². The third-order valence-corrected chi connectivity index (χ3v) is 5.77. The standard InChI is InChI=1S/C21H46NO7P/c1-5-6-7-8-9-10-11-12-13-14-15-17-26-19-21(29-23)20-28-30(24,25)27-18-16-22(2,3)4/h21H,5-20H2,1-4H3,(H-,23,24,25)/p+1/t21-/m1/s1. The van der Waals surface area contributed by atoms with Crippen LogP contribution in [-0.4, -0.2) is 74.9 Å². The lowest BCUT2D eigenvalue weighted by molar-refractivity contribution is -0.870. The lowest BCUT2D eigenvalue weighted by Crippen LogP contribution is -2.37. The fourth-order valence-electron chi connectivity index (χ4n) is 2.84. The molecule has 30 heavy (non-hydrogen) atoms. The number of quaternary nitrogens is 1. The highest BCUT2D eigenvalue weighted by Gasteiger charge is 2.25. The van der Waals surface area contributed by atoms with Crippen LogP contribution in [0.15, 0.2) is 0 Å². The molecule has 0 fully saturated rings. The predicted molar refractivity (Wildman–Crippen MR) is 119 cm³/mol. The van der Waals surface area contributed by atoms with Crippen LogP contribution in [0.2, 0.25) is 0 Å². The first-order chi connectivity index (χ1) is 14.2. The van der Waals surface area contributed by atoms with E-state index >= 15 is 0 Å². The topological polar surface area (TPSA) is 94.5 Å². The maximum absolute atomic E-state index is 11.8. The number of rotatable bonds is 22. The molecule has 1 unspecified atom stereocenters. The average molecular weight is 457 g/mol. The van der Waals surface area contributed by atoms with E-state index in [0.717, 1.165) is 12.8 Å². The molecule has 182 valence electrons. The summed E-state index contributed by atoms with van der Waals surface area (Å²) in [5.41, 5.74) is 0. The van der Waals surface area contributed by atoms with E-state index in [1.165, 1.54) is 57.8 Å². The van der Waals surface area contributed by atoms with Crippen LogP contribution >= 0.6 is 7.82 Å². The molecule has 0 aliphatic carbocycles. The van der Waals surface area contributed by atoms with E-state index in [4.69, 9.17) is 19.0 Å². The van der Waals surface area contributed by atoms with Crippen LogP contribution in [0.5, 0.6) is 0 Å². The monoisotopic (exact) mass is 456 g/mol. The molecule has 0 amide bonds. The summed E-state index contributed by atoms with van der Waals surface area (Å²) in [6.45, 7) is 3.27.